The molecule has 6 heteroatoms. The number of aliphatic hydroxyl groups excluding tert-OH is 1. The third-order valence-electron chi connectivity index (χ3n) is 3.34. The average molecular weight is 270 g/mol. The van der Waals surface area contributed by atoms with Gasteiger partial charge in [-0.05, 0) is 5.92 Å². The fourth-order valence-electron chi connectivity index (χ4n) is 2.40. The summed E-state index contributed by atoms with van der Waals surface area (Å²) >= 11 is 0. The van der Waals surface area contributed by atoms with E-state index in [1.165, 1.54) is 0 Å². The van der Waals surface area contributed by atoms with E-state index in [9.17, 15) is 9.90 Å². The molecular formula is C13H20NO5+. The first-order chi connectivity index (χ1) is 8.93. The van der Waals surface area contributed by atoms with E-state index in [0.717, 1.165) is 0 Å². The molecule has 2 heterocycles. The largest absolute Gasteiger partial charge is 0.453 e. The number of likely N-dealkylation sites (N-methyl/N-ethyl adjacent to an activating group) is 1. The number of carbonyl (C=O) groups is 1. The van der Waals surface area contributed by atoms with E-state index >= 15 is 0 Å². The molecule has 2 aliphatic rings. The van der Waals surface area contributed by atoms with Crippen molar-refractivity contribution in [2.75, 3.05) is 40.4 Å². The molecule has 0 bridgehead atoms. The van der Waals surface area contributed by atoms with Crippen LogP contribution >= 0.6 is 0 Å². The summed E-state index contributed by atoms with van der Waals surface area (Å²) in [4.78, 5) is 11.9. The third-order valence-corrected chi connectivity index (χ3v) is 3.34. The lowest BCUT2D eigenvalue weighted by Gasteiger charge is -2.27. The first-order valence-corrected chi connectivity index (χ1v) is 6.29. The monoisotopic (exact) mass is 270 g/mol. The number of carbonyl (C=O) groups excluding carboxylic acids is 1. The van der Waals surface area contributed by atoms with E-state index in [-0.39, 0.29) is 37.9 Å². The topological polar surface area (TPSA) is 65.0 Å². The summed E-state index contributed by atoms with van der Waals surface area (Å²) in [5.41, 5.74) is 0. The van der Waals surface area contributed by atoms with E-state index in [2.05, 4.69) is 5.92 Å². The van der Waals surface area contributed by atoms with Gasteiger partial charge in [-0.3, -0.25) is 0 Å². The molecule has 2 saturated heterocycles. The fraction of sp³-hybridized carbons (Fsp3) is 0.769. The van der Waals surface area contributed by atoms with E-state index in [1.54, 1.807) is 0 Å². The average Bonchev–Trinajstić information content (AvgIpc) is 2.83. The van der Waals surface area contributed by atoms with Crippen LogP contribution in [0.15, 0.2) is 0 Å². The minimum absolute atomic E-state index is 0.195. The number of nitrogens with zero attached hydrogens (tertiary/aromatic N) is 1. The molecule has 106 valence electrons. The molecule has 0 spiro atoms. The van der Waals surface area contributed by atoms with Gasteiger partial charge < -0.3 is 23.8 Å². The van der Waals surface area contributed by atoms with Crippen molar-refractivity contribution in [2.24, 2.45) is 0 Å². The van der Waals surface area contributed by atoms with Crippen LogP contribution in [0.5, 0.6) is 0 Å². The Morgan fingerprint density at radius 2 is 2.11 bits per heavy atom. The number of ether oxygens (including phenoxy) is 3. The maximum absolute atomic E-state index is 11.9. The third kappa shape index (κ3) is 3.25. The van der Waals surface area contributed by atoms with E-state index in [0.29, 0.717) is 11.0 Å². The molecule has 0 radical (unpaired) electrons. The summed E-state index contributed by atoms with van der Waals surface area (Å²) in [6, 6.07) is 0. The van der Waals surface area contributed by atoms with Gasteiger partial charge in [-0.25, -0.2) is 4.79 Å². The molecule has 0 saturated carbocycles. The van der Waals surface area contributed by atoms with Crippen LogP contribution in [0.1, 0.15) is 0 Å². The Morgan fingerprint density at radius 1 is 1.42 bits per heavy atom. The number of quaternary nitrogens is 1. The number of aliphatic hydroxyl groups is 1. The Labute approximate surface area is 112 Å². The molecule has 19 heavy (non-hydrogen) atoms. The van der Waals surface area contributed by atoms with Crippen LogP contribution in [0.4, 0.5) is 0 Å². The van der Waals surface area contributed by atoms with E-state index in [4.69, 9.17) is 20.6 Å². The minimum Gasteiger partial charge on any atom is -0.453 e. The van der Waals surface area contributed by atoms with Crippen LogP contribution in [0, 0.1) is 12.3 Å². The highest BCUT2D eigenvalue weighted by Crippen LogP contribution is 2.28. The fourth-order valence-corrected chi connectivity index (χ4v) is 2.40. The van der Waals surface area contributed by atoms with Gasteiger partial charge in [-0.2, -0.15) is 0 Å². The molecule has 2 fully saturated rings. The predicted molar refractivity (Wildman–Crippen MR) is 66.0 cm³/mol. The van der Waals surface area contributed by atoms with Crippen molar-refractivity contribution < 1.29 is 28.6 Å². The molecule has 0 aromatic carbocycles. The number of esters is 1. The standard InChI is InChI=1S/C13H20NO5/c1-4-5-14(2,3)6-11(16)19-10-8-18-12-9(15)7-17-13(10)12/h1,9-10,12-13,15H,5-8H2,2-3H3/q+1/t9-,10+,12+,13+/m0/s1. The normalized spacial score (nSPS) is 33.8. The van der Waals surface area contributed by atoms with Gasteiger partial charge in [0.05, 0.1) is 27.3 Å². The molecule has 0 unspecified atom stereocenters. The van der Waals surface area contributed by atoms with Gasteiger partial charge >= 0.3 is 5.97 Å². The number of terminal acetylenes is 1. The van der Waals surface area contributed by atoms with E-state index in [1.807, 2.05) is 14.1 Å². The quantitative estimate of drug-likeness (QED) is 0.393. The Bertz CT molecular complexity index is 389. The predicted octanol–water partition coefficient (Wildman–Crippen LogP) is -1.23. The number of hydrogen-bond acceptors (Lipinski definition) is 5. The summed E-state index contributed by atoms with van der Waals surface area (Å²) in [6.07, 6.45) is 3.43. The van der Waals surface area contributed by atoms with Crippen LogP contribution in [0.2, 0.25) is 0 Å². The zero-order valence-corrected chi connectivity index (χ0v) is 11.2. The maximum atomic E-state index is 11.9. The first-order valence-electron chi connectivity index (χ1n) is 6.29. The summed E-state index contributed by atoms with van der Waals surface area (Å²) in [6.45, 7) is 1.14. The smallest absolute Gasteiger partial charge is 0.362 e. The molecule has 1 N–H and O–H groups in total. The summed E-state index contributed by atoms with van der Waals surface area (Å²) < 4.78 is 16.5. The van der Waals surface area contributed by atoms with Crippen LogP contribution in [-0.2, 0) is 19.0 Å². The Kier molecular flexibility index (Phi) is 4.11. The molecule has 2 aliphatic heterocycles. The second-order valence-corrected chi connectivity index (χ2v) is 5.65. The van der Waals surface area contributed by atoms with Crippen molar-refractivity contribution in [2.45, 2.75) is 24.4 Å². The van der Waals surface area contributed by atoms with E-state index < -0.39 is 12.2 Å². The molecule has 0 aliphatic carbocycles. The lowest BCUT2D eigenvalue weighted by atomic mass is 10.1. The molecule has 4 atom stereocenters. The molecule has 6 nitrogen and oxygen atoms in total. The van der Waals surface area contributed by atoms with Crippen LogP contribution in [-0.4, -0.2) is 80.4 Å². The van der Waals surface area contributed by atoms with Crippen molar-refractivity contribution >= 4 is 5.97 Å². The van der Waals surface area contributed by atoms with Gasteiger partial charge in [0.15, 0.2) is 12.6 Å². The van der Waals surface area contributed by atoms with Gasteiger partial charge in [0.2, 0.25) is 0 Å². The zero-order chi connectivity index (χ0) is 14.0. The van der Waals surface area contributed by atoms with Gasteiger partial charge in [-0.15, -0.1) is 6.42 Å². The van der Waals surface area contributed by atoms with Gasteiger partial charge in [0.1, 0.15) is 24.9 Å². The summed E-state index contributed by atoms with van der Waals surface area (Å²) in [7, 11) is 3.73. The van der Waals surface area contributed by atoms with Crippen molar-refractivity contribution in [1.82, 2.24) is 0 Å². The Hall–Kier alpha value is -1.13. The number of rotatable bonds is 4. The molecule has 0 aromatic rings. The molecule has 2 rings (SSSR count). The Morgan fingerprint density at radius 3 is 2.79 bits per heavy atom. The lowest BCUT2D eigenvalue weighted by Crippen LogP contribution is -2.46. The van der Waals surface area contributed by atoms with Crippen LogP contribution in [0.25, 0.3) is 0 Å². The van der Waals surface area contributed by atoms with Crippen LogP contribution in [0.3, 0.4) is 0 Å². The lowest BCUT2D eigenvalue weighted by molar-refractivity contribution is -0.875. The van der Waals surface area contributed by atoms with Crippen molar-refractivity contribution in [3.8, 4) is 12.3 Å². The Balaban J connectivity index is 1.85. The maximum Gasteiger partial charge on any atom is 0.362 e. The van der Waals surface area contributed by atoms with Crippen molar-refractivity contribution in [3.63, 3.8) is 0 Å². The highest BCUT2D eigenvalue weighted by molar-refractivity contribution is 5.71. The number of hydrogen-bond donors (Lipinski definition) is 1. The van der Waals surface area contributed by atoms with Gasteiger partial charge in [0, 0.05) is 0 Å². The highest BCUT2D eigenvalue weighted by atomic mass is 16.6. The highest BCUT2D eigenvalue weighted by Gasteiger charge is 2.49. The van der Waals surface area contributed by atoms with Crippen molar-refractivity contribution in [3.05, 3.63) is 0 Å². The SMILES string of the molecule is C#CC[N+](C)(C)CC(=O)O[C@@H]1CO[C@H]2[C@@H]1OC[C@@H]2O. The minimum atomic E-state index is -0.637. The molecule has 0 aromatic heterocycles. The zero-order valence-electron chi connectivity index (χ0n) is 11.2. The van der Waals surface area contributed by atoms with Gasteiger partial charge in [0.25, 0.3) is 0 Å². The second-order valence-electron chi connectivity index (χ2n) is 5.65. The summed E-state index contributed by atoms with van der Waals surface area (Å²) in [5, 5.41) is 9.59. The number of fused-ring (bicyclic) bond motifs is 1. The summed E-state index contributed by atoms with van der Waals surface area (Å²) in [5.74, 6) is 2.20. The van der Waals surface area contributed by atoms with Crippen LogP contribution < -0.4 is 0 Å². The van der Waals surface area contributed by atoms with Crippen molar-refractivity contribution in [1.29, 1.82) is 0 Å². The first kappa shape index (κ1) is 14.3. The molecular weight excluding hydrogens is 250 g/mol. The molecule has 0 amide bonds. The van der Waals surface area contributed by atoms with Gasteiger partial charge in [-0.1, -0.05) is 0 Å². The second kappa shape index (κ2) is 5.47.